The number of nitrogens with one attached hydrogen (secondary N) is 1. The number of carbonyl (C=O) groups excluding carboxylic acids is 2. The summed E-state index contributed by atoms with van der Waals surface area (Å²) < 4.78 is 31.7. The zero-order valence-electron chi connectivity index (χ0n) is 16.2. The molecule has 8 nitrogen and oxygen atoms in total. The predicted molar refractivity (Wildman–Crippen MR) is 103 cm³/mol. The van der Waals surface area contributed by atoms with E-state index in [1.165, 1.54) is 6.07 Å². The van der Waals surface area contributed by atoms with E-state index in [-0.39, 0.29) is 35.3 Å². The Balaban J connectivity index is 1.63. The van der Waals surface area contributed by atoms with E-state index in [9.17, 15) is 18.0 Å². The number of fused-ring (bicyclic) bond motifs is 1. The quantitative estimate of drug-likeness (QED) is 0.761. The van der Waals surface area contributed by atoms with Crippen LogP contribution in [-0.4, -0.2) is 55.8 Å². The molecule has 0 saturated carbocycles. The smallest absolute Gasteiger partial charge is 0.328 e. The van der Waals surface area contributed by atoms with Crippen molar-refractivity contribution in [3.63, 3.8) is 0 Å². The minimum absolute atomic E-state index is 0.102. The Morgan fingerprint density at radius 1 is 1.25 bits per heavy atom. The van der Waals surface area contributed by atoms with Crippen LogP contribution in [0, 0.1) is 0 Å². The van der Waals surface area contributed by atoms with Crippen molar-refractivity contribution in [2.24, 2.45) is 4.99 Å². The summed E-state index contributed by atoms with van der Waals surface area (Å²) in [7, 11) is -3.66. The zero-order valence-corrected chi connectivity index (χ0v) is 17.0. The maximum atomic E-state index is 12.7. The second-order valence-corrected chi connectivity index (χ2v) is 8.92. The third-order valence-electron chi connectivity index (χ3n) is 5.13. The Morgan fingerprint density at radius 3 is 2.57 bits per heavy atom. The van der Waals surface area contributed by atoms with E-state index in [2.05, 4.69) is 9.71 Å². The summed E-state index contributed by atoms with van der Waals surface area (Å²) in [5, 5.41) is 0. The lowest BCUT2D eigenvalue weighted by molar-refractivity contribution is -0.161. The van der Waals surface area contributed by atoms with E-state index in [1.807, 2.05) is 13.8 Å². The van der Waals surface area contributed by atoms with Gasteiger partial charge in [-0.2, -0.15) is 0 Å². The number of sulfonamides is 1. The van der Waals surface area contributed by atoms with Crippen molar-refractivity contribution < 1.29 is 22.7 Å². The van der Waals surface area contributed by atoms with Crippen molar-refractivity contribution in [1.82, 2.24) is 9.62 Å². The van der Waals surface area contributed by atoms with Crippen LogP contribution in [0.1, 0.15) is 45.6 Å². The summed E-state index contributed by atoms with van der Waals surface area (Å²) in [4.78, 5) is 30.8. The summed E-state index contributed by atoms with van der Waals surface area (Å²) in [6, 6.07) is 6.62. The van der Waals surface area contributed by atoms with Crippen molar-refractivity contribution >= 4 is 27.7 Å². The Bertz CT molecular complexity index is 902. The van der Waals surface area contributed by atoms with E-state index in [1.54, 1.807) is 30.0 Å². The molecule has 9 heteroatoms. The monoisotopic (exact) mass is 407 g/mol. The van der Waals surface area contributed by atoms with E-state index in [0.29, 0.717) is 5.56 Å². The van der Waals surface area contributed by atoms with Gasteiger partial charge in [0.1, 0.15) is 12.4 Å². The zero-order chi connectivity index (χ0) is 20.5. The number of likely N-dealkylation sites (tertiary alicyclic amines) is 1. The third-order valence-corrected chi connectivity index (χ3v) is 6.53. The number of esters is 1. The van der Waals surface area contributed by atoms with Crippen LogP contribution in [0.2, 0.25) is 0 Å². The van der Waals surface area contributed by atoms with Crippen LogP contribution in [0.25, 0.3) is 0 Å². The summed E-state index contributed by atoms with van der Waals surface area (Å²) in [6.45, 7) is 5.17. The van der Waals surface area contributed by atoms with Gasteiger partial charge in [0.05, 0.1) is 4.90 Å². The molecule has 3 atom stereocenters. The fourth-order valence-corrected chi connectivity index (χ4v) is 5.00. The molecular weight excluding hydrogens is 382 g/mol. The minimum atomic E-state index is -3.66. The molecule has 1 amide bonds. The molecule has 0 radical (unpaired) electrons. The molecule has 1 aromatic carbocycles. The lowest BCUT2D eigenvalue weighted by Gasteiger charge is -2.40. The van der Waals surface area contributed by atoms with Crippen molar-refractivity contribution in [1.29, 1.82) is 0 Å². The molecule has 1 saturated heterocycles. The van der Waals surface area contributed by atoms with Gasteiger partial charge in [0.25, 0.3) is 15.9 Å². The number of piperidine rings is 1. The molecule has 2 aliphatic rings. The van der Waals surface area contributed by atoms with Crippen LogP contribution in [0.15, 0.2) is 34.2 Å². The van der Waals surface area contributed by atoms with Gasteiger partial charge in [-0.1, -0.05) is 12.1 Å². The second kappa shape index (κ2) is 7.90. The lowest BCUT2D eigenvalue weighted by Crippen LogP contribution is -2.51. The Kier molecular flexibility index (Phi) is 5.74. The summed E-state index contributed by atoms with van der Waals surface area (Å²) in [6.07, 6.45) is 2.03. The minimum Gasteiger partial charge on any atom is -0.451 e. The molecule has 0 aliphatic carbocycles. The fraction of sp³-hybridized carbons (Fsp3) is 0.526. The van der Waals surface area contributed by atoms with Gasteiger partial charge in [-0.25, -0.2) is 8.42 Å². The van der Waals surface area contributed by atoms with Crippen molar-refractivity contribution in [3.8, 4) is 0 Å². The molecule has 1 N–H and O–H groups in total. The Hall–Kier alpha value is -2.42. The van der Waals surface area contributed by atoms with Crippen molar-refractivity contribution in [2.75, 3.05) is 6.54 Å². The molecule has 1 aromatic rings. The summed E-state index contributed by atoms with van der Waals surface area (Å²) >= 11 is 0. The number of carbonyl (C=O) groups is 2. The highest BCUT2D eigenvalue weighted by Crippen LogP contribution is 2.24. The van der Waals surface area contributed by atoms with E-state index >= 15 is 0 Å². The maximum absolute atomic E-state index is 12.7. The second-order valence-electron chi connectivity index (χ2n) is 7.27. The number of amides is 1. The van der Waals surface area contributed by atoms with Gasteiger partial charge in [0.2, 0.25) is 0 Å². The first-order valence-corrected chi connectivity index (χ1v) is 10.9. The van der Waals surface area contributed by atoms with Crippen LogP contribution in [-0.2, 0) is 24.3 Å². The average molecular weight is 407 g/mol. The first-order valence-electron chi connectivity index (χ1n) is 9.39. The van der Waals surface area contributed by atoms with Gasteiger partial charge in [-0.3, -0.25) is 19.3 Å². The summed E-state index contributed by atoms with van der Waals surface area (Å²) in [5.41, 5.74) is 0.412. The molecule has 3 rings (SSSR count). The van der Waals surface area contributed by atoms with Crippen LogP contribution in [0.4, 0.5) is 0 Å². The molecule has 28 heavy (non-hydrogen) atoms. The van der Waals surface area contributed by atoms with Gasteiger partial charge in [0.15, 0.2) is 6.10 Å². The highest BCUT2D eigenvalue weighted by Gasteiger charge is 2.33. The van der Waals surface area contributed by atoms with Gasteiger partial charge in [-0.05, 0) is 52.2 Å². The van der Waals surface area contributed by atoms with Gasteiger partial charge >= 0.3 is 5.97 Å². The van der Waals surface area contributed by atoms with Crippen LogP contribution < -0.4 is 4.72 Å². The molecule has 0 aromatic heterocycles. The molecule has 152 valence electrons. The van der Waals surface area contributed by atoms with E-state index < -0.39 is 22.1 Å². The SMILES string of the molecule is C[C@@H]1CCC[C@H](C)N1C(=O)[C@@H](C)OC(=O)CN=C1NS(=O)(=O)c2ccccc21. The molecule has 0 bridgehead atoms. The summed E-state index contributed by atoms with van der Waals surface area (Å²) in [5.74, 6) is -0.799. The highest BCUT2D eigenvalue weighted by atomic mass is 32.2. The standard InChI is InChI=1S/C19H25N3O5S/c1-12-7-6-8-13(2)22(12)19(24)14(3)27-17(23)11-20-18-15-9-4-5-10-16(15)28(25,26)21-18/h4-5,9-10,12-14H,6-8,11H2,1-3H3,(H,20,21)/t12-,13+,14-/m1/s1. The Morgan fingerprint density at radius 2 is 1.89 bits per heavy atom. The number of ether oxygens (including phenoxy) is 1. The van der Waals surface area contributed by atoms with Crippen molar-refractivity contribution in [3.05, 3.63) is 29.8 Å². The number of benzene rings is 1. The van der Waals surface area contributed by atoms with Gasteiger partial charge < -0.3 is 9.64 Å². The number of hydrogen-bond donors (Lipinski definition) is 1. The number of rotatable bonds is 4. The topological polar surface area (TPSA) is 105 Å². The number of amidine groups is 1. The van der Waals surface area contributed by atoms with Crippen LogP contribution in [0.3, 0.4) is 0 Å². The molecule has 2 aliphatic heterocycles. The highest BCUT2D eigenvalue weighted by molar-refractivity contribution is 7.90. The molecule has 0 unspecified atom stereocenters. The normalized spacial score (nSPS) is 25.7. The van der Waals surface area contributed by atoms with Crippen LogP contribution in [0.5, 0.6) is 0 Å². The molecule has 0 spiro atoms. The van der Waals surface area contributed by atoms with Gasteiger partial charge in [0, 0.05) is 17.6 Å². The van der Waals surface area contributed by atoms with Crippen LogP contribution >= 0.6 is 0 Å². The number of aliphatic imine (C=N–C) groups is 1. The predicted octanol–water partition coefficient (Wildman–Crippen LogP) is 1.45. The Labute approximate surface area is 165 Å². The maximum Gasteiger partial charge on any atom is 0.328 e. The molecular formula is C19H25N3O5S. The number of nitrogens with zero attached hydrogens (tertiary/aromatic N) is 2. The van der Waals surface area contributed by atoms with Crippen molar-refractivity contribution in [2.45, 2.75) is 63.1 Å². The first-order chi connectivity index (χ1) is 13.2. The molecule has 1 fully saturated rings. The third kappa shape index (κ3) is 4.04. The average Bonchev–Trinajstić information content (AvgIpc) is 2.90. The molecule has 2 heterocycles. The number of hydrogen-bond acceptors (Lipinski definition) is 6. The fourth-order valence-electron chi connectivity index (χ4n) is 3.75. The largest absolute Gasteiger partial charge is 0.451 e. The van der Waals surface area contributed by atoms with E-state index in [0.717, 1.165) is 19.3 Å². The van der Waals surface area contributed by atoms with Gasteiger partial charge in [-0.15, -0.1) is 0 Å². The lowest BCUT2D eigenvalue weighted by atomic mass is 9.97. The first kappa shape index (κ1) is 20.3. The van der Waals surface area contributed by atoms with E-state index in [4.69, 9.17) is 4.74 Å².